The Morgan fingerprint density at radius 1 is 1.35 bits per heavy atom. The molecule has 7 heteroatoms. The largest absolute Gasteiger partial charge is 0.444 e. The first-order chi connectivity index (χ1) is 11.0. The molecule has 0 radical (unpaired) electrons. The lowest BCUT2D eigenvalue weighted by atomic mass is 10.2. The average Bonchev–Trinajstić information content (AvgIpc) is 3.16. The van der Waals surface area contributed by atoms with Gasteiger partial charge in [0, 0.05) is 24.4 Å². The first-order valence-corrected chi connectivity index (χ1v) is 9.46. The van der Waals surface area contributed by atoms with E-state index in [1.165, 1.54) is 6.26 Å². The summed E-state index contributed by atoms with van der Waals surface area (Å²) in [6.45, 7) is 1.77. The van der Waals surface area contributed by atoms with Crippen molar-refractivity contribution < 1.29 is 17.9 Å². The molecule has 6 nitrogen and oxygen atoms in total. The van der Waals surface area contributed by atoms with Crippen molar-refractivity contribution in [3.05, 3.63) is 36.2 Å². The van der Waals surface area contributed by atoms with Crippen molar-refractivity contribution in [2.45, 2.75) is 30.3 Å². The number of aliphatic hydroxyl groups excluding tert-OH is 1. The number of nitrogens with zero attached hydrogens (tertiary/aromatic N) is 2. The summed E-state index contributed by atoms with van der Waals surface area (Å²) < 4.78 is 28.5. The molecule has 1 aliphatic heterocycles. The Hall–Kier alpha value is -1.70. The van der Waals surface area contributed by atoms with E-state index in [1.54, 1.807) is 30.5 Å². The zero-order valence-electron chi connectivity index (χ0n) is 13.0. The summed E-state index contributed by atoms with van der Waals surface area (Å²) in [5.74, 6) is 0.472. The van der Waals surface area contributed by atoms with Gasteiger partial charge in [0.15, 0.2) is 9.84 Å². The maximum absolute atomic E-state index is 11.5. The van der Waals surface area contributed by atoms with E-state index in [2.05, 4.69) is 9.88 Å². The number of hydrogen-bond donors (Lipinski definition) is 1. The Bertz CT molecular complexity index is 768. The molecule has 1 N–H and O–H groups in total. The van der Waals surface area contributed by atoms with Crippen LogP contribution in [0.5, 0.6) is 0 Å². The Kier molecular flexibility index (Phi) is 4.52. The lowest BCUT2D eigenvalue weighted by molar-refractivity contribution is 0.152. The molecule has 1 aromatic carbocycles. The van der Waals surface area contributed by atoms with E-state index >= 15 is 0 Å². The number of oxazole rings is 1. The van der Waals surface area contributed by atoms with Gasteiger partial charge in [-0.25, -0.2) is 13.4 Å². The summed E-state index contributed by atoms with van der Waals surface area (Å²) in [6, 6.07) is 6.69. The zero-order valence-corrected chi connectivity index (χ0v) is 13.8. The second-order valence-corrected chi connectivity index (χ2v) is 7.91. The molecule has 0 saturated carbocycles. The van der Waals surface area contributed by atoms with Crippen LogP contribution >= 0.6 is 0 Å². The summed E-state index contributed by atoms with van der Waals surface area (Å²) in [7, 11) is -3.20. The van der Waals surface area contributed by atoms with Crippen LogP contribution in [0.3, 0.4) is 0 Å². The second kappa shape index (κ2) is 6.43. The number of rotatable bonds is 5. The molecule has 0 spiro atoms. The fourth-order valence-corrected chi connectivity index (χ4v) is 3.51. The van der Waals surface area contributed by atoms with Crippen molar-refractivity contribution in [1.82, 2.24) is 9.88 Å². The molecule has 1 aliphatic rings. The van der Waals surface area contributed by atoms with Crippen molar-refractivity contribution in [2.24, 2.45) is 0 Å². The van der Waals surface area contributed by atoms with E-state index < -0.39 is 9.84 Å². The van der Waals surface area contributed by atoms with Crippen LogP contribution in [-0.2, 0) is 16.4 Å². The molecule has 2 heterocycles. The zero-order chi connectivity index (χ0) is 16.4. The monoisotopic (exact) mass is 336 g/mol. The van der Waals surface area contributed by atoms with E-state index in [0.717, 1.165) is 30.6 Å². The summed E-state index contributed by atoms with van der Waals surface area (Å²) >= 11 is 0. The van der Waals surface area contributed by atoms with E-state index in [9.17, 15) is 13.5 Å². The number of aromatic nitrogens is 1. The summed E-state index contributed by atoms with van der Waals surface area (Å²) in [5.41, 5.74) is 1.55. The third-order valence-electron chi connectivity index (χ3n) is 4.16. The Balaban J connectivity index is 1.74. The molecule has 23 heavy (non-hydrogen) atoms. The Morgan fingerprint density at radius 2 is 2.09 bits per heavy atom. The molecule has 124 valence electrons. The SMILES string of the molecule is CS(=O)(=O)c1ccc(-c2nc(CN3CCC[C@@H]3CO)co2)cc1. The minimum Gasteiger partial charge on any atom is -0.444 e. The first kappa shape index (κ1) is 16.2. The standard InChI is InChI=1S/C16H20N2O4S/c1-23(20,21)15-6-4-12(5-7-15)16-17-13(11-22-16)9-18-8-2-3-14(18)10-19/h4-7,11,14,19H,2-3,8-10H2,1H3/t14-/m1/s1. The van der Waals surface area contributed by atoms with Gasteiger partial charge in [-0.2, -0.15) is 0 Å². The molecule has 0 aliphatic carbocycles. The second-order valence-electron chi connectivity index (χ2n) is 5.89. The average molecular weight is 336 g/mol. The van der Waals surface area contributed by atoms with E-state index in [0.29, 0.717) is 12.4 Å². The van der Waals surface area contributed by atoms with E-state index in [1.807, 2.05) is 0 Å². The van der Waals surface area contributed by atoms with Crippen LogP contribution in [0.15, 0.2) is 39.8 Å². The molecule has 1 saturated heterocycles. The third kappa shape index (κ3) is 3.63. The molecule has 1 fully saturated rings. The third-order valence-corrected chi connectivity index (χ3v) is 5.28. The summed E-state index contributed by atoms with van der Waals surface area (Å²) in [4.78, 5) is 6.94. The highest BCUT2D eigenvalue weighted by Crippen LogP contribution is 2.23. The topological polar surface area (TPSA) is 83.6 Å². The van der Waals surface area contributed by atoms with Gasteiger partial charge in [-0.15, -0.1) is 0 Å². The van der Waals surface area contributed by atoms with Crippen LogP contribution in [0.1, 0.15) is 18.5 Å². The number of sulfone groups is 1. The van der Waals surface area contributed by atoms with Crippen molar-refractivity contribution in [3.63, 3.8) is 0 Å². The molecule has 3 rings (SSSR count). The predicted octanol–water partition coefficient (Wildman–Crippen LogP) is 1.70. The number of likely N-dealkylation sites (tertiary alicyclic amines) is 1. The minimum atomic E-state index is -3.20. The molecule has 0 amide bonds. The maximum atomic E-state index is 11.5. The normalized spacial score (nSPS) is 19.3. The molecular weight excluding hydrogens is 316 g/mol. The predicted molar refractivity (Wildman–Crippen MR) is 85.6 cm³/mol. The number of aliphatic hydroxyl groups is 1. The molecule has 0 unspecified atom stereocenters. The van der Waals surface area contributed by atoms with Gasteiger partial charge in [-0.05, 0) is 43.7 Å². The van der Waals surface area contributed by atoms with Gasteiger partial charge in [0.2, 0.25) is 5.89 Å². The lowest BCUT2D eigenvalue weighted by Crippen LogP contribution is -2.31. The van der Waals surface area contributed by atoms with Crippen LogP contribution in [-0.4, -0.2) is 48.9 Å². The van der Waals surface area contributed by atoms with Crippen LogP contribution in [0.2, 0.25) is 0 Å². The van der Waals surface area contributed by atoms with Gasteiger partial charge in [-0.3, -0.25) is 4.90 Å². The summed E-state index contributed by atoms with van der Waals surface area (Å²) in [5, 5.41) is 9.35. The minimum absolute atomic E-state index is 0.164. The van der Waals surface area contributed by atoms with Crippen LogP contribution in [0.4, 0.5) is 0 Å². The van der Waals surface area contributed by atoms with Crippen molar-refractivity contribution in [1.29, 1.82) is 0 Å². The van der Waals surface area contributed by atoms with Gasteiger partial charge in [0.25, 0.3) is 0 Å². The first-order valence-electron chi connectivity index (χ1n) is 7.57. The molecule has 1 atom stereocenters. The fraction of sp³-hybridized carbons (Fsp3) is 0.438. The van der Waals surface area contributed by atoms with Gasteiger partial charge in [0.05, 0.1) is 17.2 Å². The number of hydrogen-bond acceptors (Lipinski definition) is 6. The fourth-order valence-electron chi connectivity index (χ4n) is 2.88. The van der Waals surface area contributed by atoms with Gasteiger partial charge in [-0.1, -0.05) is 0 Å². The molecule has 2 aromatic rings. The van der Waals surface area contributed by atoms with Gasteiger partial charge >= 0.3 is 0 Å². The molecule has 0 bridgehead atoms. The van der Waals surface area contributed by atoms with E-state index in [4.69, 9.17) is 4.42 Å². The highest BCUT2D eigenvalue weighted by molar-refractivity contribution is 7.90. The lowest BCUT2D eigenvalue weighted by Gasteiger charge is -2.20. The van der Waals surface area contributed by atoms with Crippen molar-refractivity contribution >= 4 is 9.84 Å². The maximum Gasteiger partial charge on any atom is 0.226 e. The highest BCUT2D eigenvalue weighted by Gasteiger charge is 2.24. The van der Waals surface area contributed by atoms with Gasteiger partial charge in [0.1, 0.15) is 6.26 Å². The molecular formula is C16H20N2O4S. The Morgan fingerprint density at radius 3 is 2.74 bits per heavy atom. The highest BCUT2D eigenvalue weighted by atomic mass is 32.2. The van der Waals surface area contributed by atoms with Gasteiger partial charge < -0.3 is 9.52 Å². The molecule has 1 aromatic heterocycles. The number of benzene rings is 1. The van der Waals surface area contributed by atoms with E-state index in [-0.39, 0.29) is 17.5 Å². The van der Waals surface area contributed by atoms with Crippen LogP contribution in [0.25, 0.3) is 11.5 Å². The van der Waals surface area contributed by atoms with Crippen LogP contribution < -0.4 is 0 Å². The quantitative estimate of drug-likeness (QED) is 0.895. The smallest absolute Gasteiger partial charge is 0.226 e. The summed E-state index contributed by atoms with van der Waals surface area (Å²) in [6.07, 6.45) is 4.89. The van der Waals surface area contributed by atoms with Crippen molar-refractivity contribution in [2.75, 3.05) is 19.4 Å². The Labute approximate surface area is 135 Å². The van der Waals surface area contributed by atoms with Crippen molar-refractivity contribution in [3.8, 4) is 11.5 Å². The van der Waals surface area contributed by atoms with Crippen LogP contribution in [0, 0.1) is 0 Å².